The lowest BCUT2D eigenvalue weighted by Crippen LogP contribution is -2.29. The van der Waals surface area contributed by atoms with E-state index in [4.69, 9.17) is 14.2 Å². The van der Waals surface area contributed by atoms with Crippen molar-refractivity contribution >= 4 is 23.1 Å². The zero-order valence-electron chi connectivity index (χ0n) is 24.0. The molecule has 0 bridgehead atoms. The van der Waals surface area contributed by atoms with E-state index in [1.165, 1.54) is 4.90 Å². The summed E-state index contributed by atoms with van der Waals surface area (Å²) in [5, 5.41) is 11.7. The van der Waals surface area contributed by atoms with Crippen LogP contribution in [0.5, 0.6) is 17.2 Å². The monoisotopic (exact) mass is 543 g/mol. The molecule has 1 aliphatic heterocycles. The largest absolute Gasteiger partial charge is 0.507 e. The molecule has 1 amide bonds. The van der Waals surface area contributed by atoms with E-state index in [0.29, 0.717) is 53.9 Å². The molecule has 1 aliphatic rings. The van der Waals surface area contributed by atoms with Crippen LogP contribution in [0, 0.1) is 0 Å². The molecule has 4 rings (SSSR count). The van der Waals surface area contributed by atoms with E-state index < -0.39 is 17.7 Å². The minimum atomic E-state index is -0.864. The van der Waals surface area contributed by atoms with Crippen LogP contribution in [0.1, 0.15) is 64.3 Å². The molecule has 0 aliphatic carbocycles. The van der Waals surface area contributed by atoms with E-state index in [2.05, 4.69) is 20.8 Å². The maximum atomic E-state index is 13.6. The molecule has 7 nitrogen and oxygen atoms in total. The molecule has 0 radical (unpaired) electrons. The Morgan fingerprint density at radius 3 is 2.10 bits per heavy atom. The van der Waals surface area contributed by atoms with E-state index in [0.717, 1.165) is 5.56 Å². The van der Waals surface area contributed by atoms with Crippen molar-refractivity contribution in [2.45, 2.75) is 53.0 Å². The highest BCUT2D eigenvalue weighted by Gasteiger charge is 2.47. The number of rotatable bonds is 9. The molecule has 1 saturated heterocycles. The van der Waals surface area contributed by atoms with Gasteiger partial charge in [0.05, 0.1) is 31.4 Å². The zero-order chi connectivity index (χ0) is 29.0. The van der Waals surface area contributed by atoms with Gasteiger partial charge in [-0.1, -0.05) is 39.0 Å². The summed E-state index contributed by atoms with van der Waals surface area (Å²) in [4.78, 5) is 28.6. The van der Waals surface area contributed by atoms with Crippen LogP contribution in [-0.4, -0.2) is 36.6 Å². The van der Waals surface area contributed by atoms with Crippen LogP contribution in [0.3, 0.4) is 0 Å². The van der Waals surface area contributed by atoms with Crippen LogP contribution in [0.2, 0.25) is 0 Å². The average Bonchev–Trinajstić information content (AvgIpc) is 3.19. The first-order chi connectivity index (χ1) is 19.1. The first-order valence-electron chi connectivity index (χ1n) is 13.6. The number of benzene rings is 3. The average molecular weight is 544 g/mol. The number of anilines is 1. The second-order valence-electron chi connectivity index (χ2n) is 10.5. The lowest BCUT2D eigenvalue weighted by Gasteiger charge is -2.26. The number of ether oxygens (including phenoxy) is 3. The molecule has 1 fully saturated rings. The molecule has 40 heavy (non-hydrogen) atoms. The van der Waals surface area contributed by atoms with Crippen LogP contribution in [0.25, 0.3) is 5.76 Å². The summed E-state index contributed by atoms with van der Waals surface area (Å²) in [6.07, 6.45) is 0. The molecule has 1 N–H and O–H groups in total. The van der Waals surface area contributed by atoms with Crippen molar-refractivity contribution in [3.63, 3.8) is 0 Å². The summed E-state index contributed by atoms with van der Waals surface area (Å²) < 4.78 is 17.1. The molecule has 0 saturated carbocycles. The lowest BCUT2D eigenvalue weighted by molar-refractivity contribution is -0.132. The molecule has 1 unspecified atom stereocenters. The fourth-order valence-electron chi connectivity index (χ4n) is 4.92. The van der Waals surface area contributed by atoms with Crippen molar-refractivity contribution < 1.29 is 28.9 Å². The molecule has 3 aromatic rings. The standard InChI is InChI=1S/C33H37NO6/c1-7-38-24-16-13-21(14-17-24)29-28(30(35)22-15-18-27(40-9-3)26(19-22)33(4,5)6)31(36)32(37)34(29)23-11-10-12-25(20-23)39-8-2/h10-20,29,35H,7-9H2,1-6H3/b30-28-. The third-order valence-corrected chi connectivity index (χ3v) is 6.72. The van der Waals surface area contributed by atoms with Crippen LogP contribution in [0.15, 0.2) is 72.3 Å². The summed E-state index contributed by atoms with van der Waals surface area (Å²) in [5.41, 5.74) is 2.20. The summed E-state index contributed by atoms with van der Waals surface area (Å²) in [7, 11) is 0. The van der Waals surface area contributed by atoms with Gasteiger partial charge in [0.1, 0.15) is 23.0 Å². The number of ketones is 1. The molecule has 0 spiro atoms. The Balaban J connectivity index is 1.92. The number of nitrogens with zero attached hydrogens (tertiary/aromatic N) is 1. The first-order valence-corrected chi connectivity index (χ1v) is 13.6. The second-order valence-corrected chi connectivity index (χ2v) is 10.5. The third kappa shape index (κ3) is 5.69. The minimum absolute atomic E-state index is 0.0139. The van der Waals surface area contributed by atoms with Crippen molar-refractivity contribution in [1.82, 2.24) is 0 Å². The summed E-state index contributed by atoms with van der Waals surface area (Å²) in [6, 6.07) is 18.8. The molecule has 0 aromatic heterocycles. The lowest BCUT2D eigenvalue weighted by atomic mass is 9.84. The molecular formula is C33H37NO6. The summed E-state index contributed by atoms with van der Waals surface area (Å²) in [5.74, 6) is 0.231. The molecule has 3 aromatic carbocycles. The zero-order valence-corrected chi connectivity index (χ0v) is 24.0. The maximum absolute atomic E-state index is 13.6. The molecule has 1 heterocycles. The van der Waals surface area contributed by atoms with Gasteiger partial charge < -0.3 is 19.3 Å². The fraction of sp³-hybridized carbons (Fsp3) is 0.333. The molecule has 1 atom stereocenters. The Morgan fingerprint density at radius 1 is 0.825 bits per heavy atom. The van der Waals surface area contributed by atoms with Crippen molar-refractivity contribution in [2.75, 3.05) is 24.7 Å². The van der Waals surface area contributed by atoms with Gasteiger partial charge in [0, 0.05) is 22.9 Å². The van der Waals surface area contributed by atoms with E-state index in [1.807, 2.05) is 39.0 Å². The quantitative estimate of drug-likeness (QED) is 0.181. The van der Waals surface area contributed by atoms with Crippen molar-refractivity contribution in [3.8, 4) is 17.2 Å². The maximum Gasteiger partial charge on any atom is 0.300 e. The highest BCUT2D eigenvalue weighted by molar-refractivity contribution is 6.51. The normalized spacial score (nSPS) is 16.8. The van der Waals surface area contributed by atoms with Gasteiger partial charge in [-0.2, -0.15) is 0 Å². The Bertz CT molecular complexity index is 1420. The number of aliphatic hydroxyl groups excluding tert-OH is 1. The van der Waals surface area contributed by atoms with E-state index in [9.17, 15) is 14.7 Å². The van der Waals surface area contributed by atoms with Gasteiger partial charge in [-0.3, -0.25) is 14.5 Å². The summed E-state index contributed by atoms with van der Waals surface area (Å²) >= 11 is 0. The predicted octanol–water partition coefficient (Wildman–Crippen LogP) is 6.81. The number of Topliss-reactive ketones (excluding diaryl/α,β-unsaturated/α-hetero) is 1. The number of carbonyl (C=O) groups is 2. The van der Waals surface area contributed by atoms with E-state index in [-0.39, 0.29) is 16.7 Å². The Labute approximate surface area is 236 Å². The smallest absolute Gasteiger partial charge is 0.300 e. The van der Waals surface area contributed by atoms with Crippen molar-refractivity contribution in [1.29, 1.82) is 0 Å². The molecule has 7 heteroatoms. The van der Waals surface area contributed by atoms with Gasteiger partial charge in [-0.05, 0) is 74.2 Å². The van der Waals surface area contributed by atoms with E-state index in [1.54, 1.807) is 48.5 Å². The van der Waals surface area contributed by atoms with Gasteiger partial charge in [0.25, 0.3) is 11.7 Å². The van der Waals surface area contributed by atoms with Gasteiger partial charge in [-0.15, -0.1) is 0 Å². The topological polar surface area (TPSA) is 85.3 Å². The molecule has 210 valence electrons. The van der Waals surface area contributed by atoms with Gasteiger partial charge in [-0.25, -0.2) is 0 Å². The number of carbonyl (C=O) groups excluding carboxylic acids is 2. The Kier molecular flexibility index (Phi) is 8.52. The van der Waals surface area contributed by atoms with Gasteiger partial charge >= 0.3 is 0 Å². The number of hydrogen-bond acceptors (Lipinski definition) is 6. The van der Waals surface area contributed by atoms with Crippen LogP contribution in [-0.2, 0) is 15.0 Å². The van der Waals surface area contributed by atoms with E-state index >= 15 is 0 Å². The van der Waals surface area contributed by atoms with Crippen LogP contribution >= 0.6 is 0 Å². The minimum Gasteiger partial charge on any atom is -0.507 e. The Hall–Kier alpha value is -4.26. The number of hydrogen-bond donors (Lipinski definition) is 1. The second kappa shape index (κ2) is 11.9. The van der Waals surface area contributed by atoms with Crippen molar-refractivity contribution in [2.24, 2.45) is 0 Å². The van der Waals surface area contributed by atoms with Crippen LogP contribution in [0.4, 0.5) is 5.69 Å². The number of amides is 1. The SMILES string of the molecule is CCOc1ccc(C2/C(=C(/O)c3ccc(OCC)c(C(C)(C)C)c3)C(=O)C(=O)N2c2cccc(OCC)c2)cc1. The fourth-order valence-corrected chi connectivity index (χ4v) is 4.92. The van der Waals surface area contributed by atoms with Crippen LogP contribution < -0.4 is 19.1 Å². The van der Waals surface area contributed by atoms with Gasteiger partial charge in [0.2, 0.25) is 0 Å². The highest BCUT2D eigenvalue weighted by Crippen LogP contribution is 2.44. The predicted molar refractivity (Wildman–Crippen MR) is 156 cm³/mol. The third-order valence-electron chi connectivity index (χ3n) is 6.72. The Morgan fingerprint density at radius 2 is 1.48 bits per heavy atom. The summed E-state index contributed by atoms with van der Waals surface area (Å²) in [6.45, 7) is 13.3. The first kappa shape index (κ1) is 28.7. The van der Waals surface area contributed by atoms with Crippen molar-refractivity contribution in [3.05, 3.63) is 89.0 Å². The molecular weight excluding hydrogens is 506 g/mol. The highest BCUT2D eigenvalue weighted by atomic mass is 16.5. The van der Waals surface area contributed by atoms with Gasteiger partial charge in [0.15, 0.2) is 0 Å². The number of aliphatic hydroxyl groups is 1.